The maximum absolute atomic E-state index is 13.3. The van der Waals surface area contributed by atoms with Gasteiger partial charge in [0.2, 0.25) is 5.91 Å². The predicted molar refractivity (Wildman–Crippen MR) is 139 cm³/mol. The molecule has 2 aromatic rings. The Kier molecular flexibility index (Phi) is 10.4. The van der Waals surface area contributed by atoms with Crippen LogP contribution in [0.4, 0.5) is 0 Å². The lowest BCUT2D eigenvalue weighted by Crippen LogP contribution is -2.59. The van der Waals surface area contributed by atoms with Crippen LogP contribution in [-0.4, -0.2) is 85.4 Å². The molecule has 3 rings (SSSR count). The Morgan fingerprint density at radius 3 is 2.31 bits per heavy atom. The minimum absolute atomic E-state index is 0.157. The fourth-order valence-electron chi connectivity index (χ4n) is 4.01. The van der Waals surface area contributed by atoms with E-state index in [9.17, 15) is 14.7 Å². The van der Waals surface area contributed by atoms with Gasteiger partial charge in [-0.1, -0.05) is 50.2 Å². The molecule has 1 saturated heterocycles. The number of nitrogens with one attached hydrogen (secondary N) is 2. The van der Waals surface area contributed by atoms with Crippen molar-refractivity contribution in [3.05, 3.63) is 54.2 Å². The van der Waals surface area contributed by atoms with Crippen molar-refractivity contribution >= 4 is 18.9 Å². The number of hydrogen-bond donors (Lipinski definition) is 3. The first kappa shape index (κ1) is 27.8. The zero-order valence-electron chi connectivity index (χ0n) is 21.5. The summed E-state index contributed by atoms with van der Waals surface area (Å²) < 4.78 is 11.8. The van der Waals surface area contributed by atoms with Gasteiger partial charge < -0.3 is 29.9 Å². The van der Waals surface area contributed by atoms with Crippen molar-refractivity contribution in [3.63, 3.8) is 0 Å². The van der Waals surface area contributed by atoms with Gasteiger partial charge in [-0.15, -0.1) is 0 Å². The summed E-state index contributed by atoms with van der Waals surface area (Å²) in [5.41, 5.74) is 1.67. The minimum Gasteiger partial charge on any atom is -0.408 e. The number of pyridine rings is 1. The number of nitrogens with zero attached hydrogens (tertiary/aromatic N) is 2. The molecule has 1 aliphatic heterocycles. The largest absolute Gasteiger partial charge is 0.480 e. The highest BCUT2D eigenvalue weighted by Gasteiger charge is 2.36. The highest BCUT2D eigenvalue weighted by Crippen LogP contribution is 2.17. The maximum Gasteiger partial charge on any atom is 0.480 e. The standard InChI is InChI=1S/C26H37BN4O5/c1-18(2)17-23(27-35-15-13-31(4)14-16-36-27)29-26(34)24(19(3)32)30-25(33)22-12-8-11-21(28-22)20-9-6-5-7-10-20/h5-12,18-19,23-24,32H,13-17H2,1-4H3,(H,29,34)(H,30,33)/t19-,23+,24+/m1/s1. The van der Waals surface area contributed by atoms with Crippen molar-refractivity contribution in [1.29, 1.82) is 0 Å². The molecule has 3 N–H and O–H groups in total. The van der Waals surface area contributed by atoms with Gasteiger partial charge in [0.1, 0.15) is 11.7 Å². The molecule has 36 heavy (non-hydrogen) atoms. The molecule has 1 aliphatic rings. The Morgan fingerprint density at radius 2 is 1.69 bits per heavy atom. The molecule has 0 unspecified atom stereocenters. The molecule has 0 bridgehead atoms. The number of aliphatic hydroxyl groups excluding tert-OH is 1. The molecular weight excluding hydrogens is 459 g/mol. The van der Waals surface area contributed by atoms with Gasteiger partial charge in [0.15, 0.2) is 0 Å². The van der Waals surface area contributed by atoms with Crippen molar-refractivity contribution in [3.8, 4) is 11.3 Å². The summed E-state index contributed by atoms with van der Waals surface area (Å²) in [6, 6.07) is 13.5. The molecule has 194 valence electrons. The number of likely N-dealkylation sites (N-methyl/N-ethyl adjacent to an activating group) is 1. The van der Waals surface area contributed by atoms with Crippen LogP contribution in [0.15, 0.2) is 48.5 Å². The number of hydrogen-bond acceptors (Lipinski definition) is 7. The van der Waals surface area contributed by atoms with Gasteiger partial charge in [0.25, 0.3) is 5.91 Å². The van der Waals surface area contributed by atoms with Crippen LogP contribution in [0.25, 0.3) is 11.3 Å². The van der Waals surface area contributed by atoms with Crippen LogP contribution in [0.3, 0.4) is 0 Å². The van der Waals surface area contributed by atoms with Crippen LogP contribution < -0.4 is 10.6 Å². The van der Waals surface area contributed by atoms with Crippen LogP contribution in [0.5, 0.6) is 0 Å². The van der Waals surface area contributed by atoms with Crippen LogP contribution in [0, 0.1) is 5.92 Å². The average molecular weight is 496 g/mol. The number of rotatable bonds is 9. The molecule has 2 amide bonds. The van der Waals surface area contributed by atoms with Crippen molar-refractivity contribution in [2.45, 2.75) is 45.3 Å². The van der Waals surface area contributed by atoms with E-state index < -0.39 is 37.0 Å². The zero-order chi connectivity index (χ0) is 26.1. The van der Waals surface area contributed by atoms with Crippen LogP contribution in [-0.2, 0) is 14.1 Å². The number of carbonyl (C=O) groups is 2. The molecular formula is C26H37BN4O5. The second-order valence-electron chi connectivity index (χ2n) is 9.62. The molecule has 0 radical (unpaired) electrons. The Balaban J connectivity index is 1.71. The van der Waals surface area contributed by atoms with Gasteiger partial charge in [-0.2, -0.15) is 0 Å². The van der Waals surface area contributed by atoms with Gasteiger partial charge in [-0.25, -0.2) is 4.98 Å². The second-order valence-corrected chi connectivity index (χ2v) is 9.62. The first-order valence-electron chi connectivity index (χ1n) is 12.5. The molecule has 9 nitrogen and oxygen atoms in total. The van der Waals surface area contributed by atoms with E-state index in [1.165, 1.54) is 6.92 Å². The SMILES string of the molecule is CC(C)C[C@H](NC(=O)[C@@H](NC(=O)c1cccc(-c2ccccc2)n1)[C@@H](C)O)B1OCCN(C)CCO1. The molecule has 1 fully saturated rings. The summed E-state index contributed by atoms with van der Waals surface area (Å²) in [5, 5.41) is 16.0. The van der Waals surface area contributed by atoms with Gasteiger partial charge in [0.05, 0.1) is 17.7 Å². The van der Waals surface area contributed by atoms with Crippen LogP contribution >= 0.6 is 0 Å². The molecule has 1 aromatic heterocycles. The molecule has 10 heteroatoms. The third-order valence-corrected chi connectivity index (χ3v) is 5.99. The zero-order valence-corrected chi connectivity index (χ0v) is 21.5. The molecule has 0 saturated carbocycles. The van der Waals surface area contributed by atoms with Crippen LogP contribution in [0.1, 0.15) is 37.7 Å². The fraction of sp³-hybridized carbons (Fsp3) is 0.500. The lowest BCUT2D eigenvalue weighted by molar-refractivity contribution is -0.125. The van der Waals surface area contributed by atoms with E-state index in [0.29, 0.717) is 25.3 Å². The highest BCUT2D eigenvalue weighted by atomic mass is 16.6. The van der Waals surface area contributed by atoms with E-state index in [1.54, 1.807) is 12.1 Å². The average Bonchev–Trinajstić information content (AvgIpc) is 2.84. The van der Waals surface area contributed by atoms with Crippen molar-refractivity contribution in [2.24, 2.45) is 5.92 Å². The topological polar surface area (TPSA) is 113 Å². The number of aromatic nitrogens is 1. The summed E-state index contributed by atoms with van der Waals surface area (Å²) >= 11 is 0. The van der Waals surface area contributed by atoms with Gasteiger partial charge in [0, 0.05) is 31.9 Å². The van der Waals surface area contributed by atoms with E-state index in [2.05, 4.69) is 34.4 Å². The van der Waals surface area contributed by atoms with E-state index in [0.717, 1.165) is 18.7 Å². The normalized spacial score (nSPS) is 17.6. The highest BCUT2D eigenvalue weighted by molar-refractivity contribution is 6.47. The first-order valence-corrected chi connectivity index (χ1v) is 12.5. The summed E-state index contributed by atoms with van der Waals surface area (Å²) in [5.74, 6) is -1.22. The van der Waals surface area contributed by atoms with E-state index in [1.807, 2.05) is 43.4 Å². The lowest BCUT2D eigenvalue weighted by Gasteiger charge is -2.31. The molecule has 1 aromatic carbocycles. The van der Waals surface area contributed by atoms with Crippen molar-refractivity contribution in [2.75, 3.05) is 33.4 Å². The van der Waals surface area contributed by atoms with Gasteiger partial charge in [-0.05, 0) is 38.4 Å². The van der Waals surface area contributed by atoms with Gasteiger partial charge in [-0.3, -0.25) is 9.59 Å². The molecule has 0 spiro atoms. The van der Waals surface area contributed by atoms with E-state index >= 15 is 0 Å². The molecule has 3 atom stereocenters. The van der Waals surface area contributed by atoms with Crippen LogP contribution in [0.2, 0.25) is 0 Å². The smallest absolute Gasteiger partial charge is 0.408 e. The maximum atomic E-state index is 13.3. The number of amides is 2. The first-order chi connectivity index (χ1) is 17.2. The summed E-state index contributed by atoms with van der Waals surface area (Å²) in [4.78, 5) is 32.8. The summed E-state index contributed by atoms with van der Waals surface area (Å²) in [6.45, 7) is 8.06. The number of carbonyl (C=O) groups excluding carboxylic acids is 2. The van der Waals surface area contributed by atoms with E-state index in [-0.39, 0.29) is 11.6 Å². The quantitative estimate of drug-likeness (QED) is 0.454. The lowest BCUT2D eigenvalue weighted by atomic mass is 9.73. The third kappa shape index (κ3) is 8.13. The summed E-state index contributed by atoms with van der Waals surface area (Å²) in [7, 11) is 1.39. The Hall–Kier alpha value is -2.79. The molecule has 0 aliphatic carbocycles. The Morgan fingerprint density at radius 1 is 1.03 bits per heavy atom. The second kappa shape index (κ2) is 13.5. The third-order valence-electron chi connectivity index (χ3n) is 5.99. The van der Waals surface area contributed by atoms with Crippen molar-refractivity contribution < 1.29 is 24.0 Å². The van der Waals surface area contributed by atoms with Crippen molar-refractivity contribution in [1.82, 2.24) is 20.5 Å². The Bertz CT molecular complexity index is 981. The van der Waals surface area contributed by atoms with Gasteiger partial charge >= 0.3 is 7.12 Å². The number of benzene rings is 1. The van der Waals surface area contributed by atoms with E-state index in [4.69, 9.17) is 9.31 Å². The predicted octanol–water partition coefficient (Wildman–Crippen LogP) is 1.76. The Labute approximate surface area is 213 Å². The minimum atomic E-state index is -1.17. The summed E-state index contributed by atoms with van der Waals surface area (Å²) in [6.07, 6.45) is -0.508. The fourth-order valence-corrected chi connectivity index (χ4v) is 4.01. The number of aliphatic hydroxyl groups is 1. The monoisotopic (exact) mass is 496 g/mol. The molecule has 2 heterocycles.